The van der Waals surface area contributed by atoms with E-state index in [1.807, 2.05) is 0 Å². The first kappa shape index (κ1) is 6.87. The number of hydroxylamine groups is 2. The van der Waals surface area contributed by atoms with Crippen molar-refractivity contribution in [2.45, 2.75) is 6.42 Å². The molecule has 1 saturated heterocycles. The molecule has 0 atom stereocenters. The van der Waals surface area contributed by atoms with Gasteiger partial charge in [0.2, 0.25) is 0 Å². The molecule has 0 radical (unpaired) electrons. The number of hydrogen-bond acceptors (Lipinski definition) is 6. The van der Waals surface area contributed by atoms with Gasteiger partial charge in [-0.25, -0.2) is 0 Å². The third-order valence-corrected chi connectivity index (χ3v) is 1.13. The summed E-state index contributed by atoms with van der Waals surface area (Å²) in [5.74, 6) is 0. The lowest BCUT2D eigenvalue weighted by atomic mass is 10.4. The zero-order valence-electron chi connectivity index (χ0n) is 4.80. The molecule has 1 aliphatic heterocycles. The lowest BCUT2D eigenvalue weighted by molar-refractivity contribution is -0.521. The predicted molar refractivity (Wildman–Crippen MR) is 25.2 cm³/mol. The maximum atomic E-state index is 8.66. The number of rotatable bonds is 0. The van der Waals surface area contributed by atoms with Crippen molar-refractivity contribution in [1.29, 1.82) is 0 Å². The minimum atomic E-state index is 0.253. The van der Waals surface area contributed by atoms with E-state index in [9.17, 15) is 0 Å². The lowest BCUT2D eigenvalue weighted by Crippen LogP contribution is -2.53. The highest BCUT2D eigenvalue weighted by molar-refractivity contribution is 4.46. The summed E-state index contributed by atoms with van der Waals surface area (Å²) in [5, 5.41) is 27.2. The number of hydrogen-bond donors (Lipinski definition) is 3. The molecule has 6 nitrogen and oxygen atoms in total. The molecular formula is C3H9N3O3. The van der Waals surface area contributed by atoms with Crippen molar-refractivity contribution in [3.63, 3.8) is 0 Å². The van der Waals surface area contributed by atoms with Crippen molar-refractivity contribution in [3.8, 4) is 0 Å². The second kappa shape index (κ2) is 2.56. The minimum absolute atomic E-state index is 0.253. The Hall–Kier alpha value is -0.240. The Morgan fingerprint density at radius 3 is 1.67 bits per heavy atom. The van der Waals surface area contributed by atoms with Gasteiger partial charge in [0.15, 0.2) is 0 Å². The Bertz CT molecular complexity index is 90.3. The van der Waals surface area contributed by atoms with Crippen molar-refractivity contribution in [2.75, 3.05) is 13.1 Å². The second-order valence-electron chi connectivity index (χ2n) is 1.81. The molecule has 1 fully saturated rings. The second-order valence-corrected chi connectivity index (χ2v) is 1.81. The zero-order chi connectivity index (χ0) is 6.85. The fourth-order valence-corrected chi connectivity index (χ4v) is 0.652. The van der Waals surface area contributed by atoms with Gasteiger partial charge < -0.3 is 0 Å². The first-order valence-corrected chi connectivity index (χ1v) is 2.63. The van der Waals surface area contributed by atoms with Gasteiger partial charge in [-0.2, -0.15) is 0 Å². The highest BCUT2D eigenvalue weighted by atomic mass is 16.8. The van der Waals surface area contributed by atoms with Gasteiger partial charge in [-0.15, -0.1) is 0 Å². The van der Waals surface area contributed by atoms with E-state index in [0.29, 0.717) is 29.9 Å². The van der Waals surface area contributed by atoms with Crippen molar-refractivity contribution in [1.82, 2.24) is 15.6 Å². The molecule has 3 N–H and O–H groups in total. The van der Waals surface area contributed by atoms with Crippen molar-refractivity contribution in [3.05, 3.63) is 0 Å². The van der Waals surface area contributed by atoms with Gasteiger partial charge in [-0.3, -0.25) is 15.6 Å². The zero-order valence-corrected chi connectivity index (χ0v) is 4.80. The molecule has 1 rings (SSSR count). The van der Waals surface area contributed by atoms with E-state index in [2.05, 4.69) is 0 Å². The summed E-state index contributed by atoms with van der Waals surface area (Å²) in [6, 6.07) is 0. The molecule has 0 aromatic carbocycles. The van der Waals surface area contributed by atoms with Gasteiger partial charge in [0.25, 0.3) is 0 Å². The summed E-state index contributed by atoms with van der Waals surface area (Å²) in [6.07, 6.45) is 0.615. The van der Waals surface area contributed by atoms with E-state index in [-0.39, 0.29) is 5.28 Å². The van der Waals surface area contributed by atoms with E-state index in [1.54, 1.807) is 0 Å². The summed E-state index contributed by atoms with van der Waals surface area (Å²) < 4.78 is 0. The van der Waals surface area contributed by atoms with Crippen LogP contribution in [-0.2, 0) is 0 Å². The van der Waals surface area contributed by atoms with E-state index in [0.717, 1.165) is 0 Å². The summed E-state index contributed by atoms with van der Waals surface area (Å²) in [6.45, 7) is 0.654. The minimum Gasteiger partial charge on any atom is -0.296 e. The van der Waals surface area contributed by atoms with Gasteiger partial charge in [0.05, 0.1) is 0 Å². The van der Waals surface area contributed by atoms with E-state index in [1.165, 1.54) is 0 Å². The molecule has 0 saturated carbocycles. The van der Waals surface area contributed by atoms with E-state index >= 15 is 0 Å². The summed E-state index contributed by atoms with van der Waals surface area (Å²) in [5.41, 5.74) is 0. The van der Waals surface area contributed by atoms with Crippen LogP contribution in [-0.4, -0.2) is 44.3 Å². The summed E-state index contributed by atoms with van der Waals surface area (Å²) >= 11 is 0. The Morgan fingerprint density at radius 2 is 1.33 bits per heavy atom. The van der Waals surface area contributed by atoms with Crippen LogP contribution in [0.4, 0.5) is 0 Å². The maximum Gasteiger partial charge on any atom is 0.0453 e. The molecule has 0 amide bonds. The first-order chi connectivity index (χ1) is 4.22. The summed E-state index contributed by atoms with van der Waals surface area (Å²) in [4.78, 5) is 0. The van der Waals surface area contributed by atoms with Crippen LogP contribution in [0.1, 0.15) is 6.42 Å². The molecule has 9 heavy (non-hydrogen) atoms. The monoisotopic (exact) mass is 135 g/mol. The Kier molecular flexibility index (Phi) is 1.96. The molecule has 0 aromatic heterocycles. The molecule has 6 heteroatoms. The number of hydrazine groups is 2. The SMILES string of the molecule is ON1CCCN(O)N1O. The lowest BCUT2D eigenvalue weighted by Gasteiger charge is -2.33. The van der Waals surface area contributed by atoms with Crippen LogP contribution in [0.3, 0.4) is 0 Å². The highest BCUT2D eigenvalue weighted by Crippen LogP contribution is 2.03. The van der Waals surface area contributed by atoms with Gasteiger partial charge in [0, 0.05) is 13.1 Å². The van der Waals surface area contributed by atoms with Gasteiger partial charge in [-0.1, -0.05) is 10.3 Å². The fourth-order valence-electron chi connectivity index (χ4n) is 0.652. The quantitative estimate of drug-likeness (QED) is 0.407. The Morgan fingerprint density at radius 1 is 0.889 bits per heavy atom. The predicted octanol–water partition coefficient (Wildman–Crippen LogP) is -0.706. The van der Waals surface area contributed by atoms with Gasteiger partial charge >= 0.3 is 0 Å². The third kappa shape index (κ3) is 1.36. The first-order valence-electron chi connectivity index (χ1n) is 2.63. The normalized spacial score (nSPS) is 27.0. The molecule has 0 aliphatic carbocycles. The topological polar surface area (TPSA) is 70.4 Å². The number of nitrogens with zero attached hydrogens (tertiary/aromatic N) is 3. The van der Waals surface area contributed by atoms with E-state index < -0.39 is 0 Å². The molecule has 1 aliphatic rings. The average Bonchev–Trinajstić information content (AvgIpc) is 1.83. The van der Waals surface area contributed by atoms with Gasteiger partial charge in [-0.05, 0) is 11.7 Å². The van der Waals surface area contributed by atoms with Crippen LogP contribution in [0.5, 0.6) is 0 Å². The summed E-state index contributed by atoms with van der Waals surface area (Å²) in [7, 11) is 0. The third-order valence-electron chi connectivity index (χ3n) is 1.13. The van der Waals surface area contributed by atoms with Crippen LogP contribution in [0.25, 0.3) is 0 Å². The average molecular weight is 135 g/mol. The Balaban J connectivity index is 2.41. The Labute approximate surface area is 51.9 Å². The molecule has 0 unspecified atom stereocenters. The molecular weight excluding hydrogens is 126 g/mol. The maximum absolute atomic E-state index is 8.66. The van der Waals surface area contributed by atoms with Crippen LogP contribution in [0.2, 0.25) is 0 Å². The molecule has 0 spiro atoms. The fraction of sp³-hybridized carbons (Fsp3) is 1.00. The van der Waals surface area contributed by atoms with E-state index in [4.69, 9.17) is 15.6 Å². The molecule has 0 aromatic rings. The molecule has 1 heterocycles. The molecule has 54 valence electrons. The van der Waals surface area contributed by atoms with Crippen LogP contribution < -0.4 is 0 Å². The van der Waals surface area contributed by atoms with Crippen LogP contribution >= 0.6 is 0 Å². The largest absolute Gasteiger partial charge is 0.296 e. The van der Waals surface area contributed by atoms with Crippen LogP contribution in [0.15, 0.2) is 0 Å². The van der Waals surface area contributed by atoms with Crippen LogP contribution in [0, 0.1) is 0 Å². The smallest absolute Gasteiger partial charge is 0.0453 e. The van der Waals surface area contributed by atoms with Gasteiger partial charge in [0.1, 0.15) is 0 Å². The highest BCUT2D eigenvalue weighted by Gasteiger charge is 2.21. The van der Waals surface area contributed by atoms with Crippen molar-refractivity contribution in [2.24, 2.45) is 0 Å². The van der Waals surface area contributed by atoms with Crippen molar-refractivity contribution >= 4 is 0 Å². The van der Waals surface area contributed by atoms with Crippen molar-refractivity contribution < 1.29 is 15.6 Å². The molecule has 0 bridgehead atoms. The standard InChI is InChI=1S/C3H9N3O3/c7-4-2-1-3-5(8)6(4)9/h7-9H,1-3H2.